The first-order valence-electron chi connectivity index (χ1n) is 7.43. The number of halogens is 2. The van der Waals surface area contributed by atoms with Crippen molar-refractivity contribution in [3.63, 3.8) is 0 Å². The monoisotopic (exact) mass is 379 g/mol. The van der Waals surface area contributed by atoms with E-state index in [0.717, 1.165) is 17.0 Å². The molecule has 0 aliphatic rings. The van der Waals surface area contributed by atoms with Crippen LogP contribution in [0.2, 0.25) is 5.02 Å². The molecule has 0 radical (unpaired) electrons. The summed E-state index contributed by atoms with van der Waals surface area (Å²) in [4.78, 5) is 20.8. The molecule has 0 aliphatic heterocycles. The van der Waals surface area contributed by atoms with Gasteiger partial charge in [0.2, 0.25) is 11.1 Å². The number of carbonyl (C=O) groups is 1. The number of aryl methyl sites for hydroxylation is 2. The van der Waals surface area contributed by atoms with Gasteiger partial charge < -0.3 is 5.32 Å². The highest BCUT2D eigenvalue weighted by Crippen LogP contribution is 2.21. The van der Waals surface area contributed by atoms with Crippen LogP contribution >= 0.6 is 23.4 Å². The predicted octanol–water partition coefficient (Wildman–Crippen LogP) is 3.57. The van der Waals surface area contributed by atoms with Crippen LogP contribution in [0, 0.1) is 26.6 Å². The number of anilines is 1. The van der Waals surface area contributed by atoms with Crippen molar-refractivity contribution in [1.82, 2.24) is 19.6 Å². The zero-order valence-corrected chi connectivity index (χ0v) is 15.4. The maximum atomic E-state index is 13.1. The number of fused-ring (bicyclic) bond motifs is 1. The Hall–Kier alpha value is -2.19. The second-order valence-corrected chi connectivity index (χ2v) is 6.83. The van der Waals surface area contributed by atoms with Gasteiger partial charge in [-0.3, -0.25) is 4.79 Å². The molecule has 1 amide bonds. The first-order chi connectivity index (χ1) is 11.8. The maximum absolute atomic E-state index is 13.1. The summed E-state index contributed by atoms with van der Waals surface area (Å²) in [5.41, 5.74) is 3.36. The highest BCUT2D eigenvalue weighted by molar-refractivity contribution is 7.99. The van der Waals surface area contributed by atoms with Gasteiger partial charge in [0.1, 0.15) is 5.82 Å². The van der Waals surface area contributed by atoms with Gasteiger partial charge in [-0.25, -0.2) is 13.9 Å². The molecule has 3 rings (SSSR count). The van der Waals surface area contributed by atoms with Crippen LogP contribution in [0.5, 0.6) is 0 Å². The van der Waals surface area contributed by atoms with E-state index in [9.17, 15) is 9.18 Å². The Morgan fingerprint density at radius 1 is 1.32 bits per heavy atom. The molecule has 25 heavy (non-hydrogen) atoms. The van der Waals surface area contributed by atoms with Gasteiger partial charge in [-0.2, -0.15) is 4.98 Å². The van der Waals surface area contributed by atoms with E-state index in [4.69, 9.17) is 11.6 Å². The summed E-state index contributed by atoms with van der Waals surface area (Å²) < 4.78 is 14.8. The summed E-state index contributed by atoms with van der Waals surface area (Å²) in [6.45, 7) is 5.85. The van der Waals surface area contributed by atoms with Crippen LogP contribution in [0.4, 0.5) is 10.1 Å². The first kappa shape index (κ1) is 17.6. The highest BCUT2D eigenvalue weighted by Gasteiger charge is 2.13. The molecule has 0 bridgehead atoms. The zero-order chi connectivity index (χ0) is 18.1. The number of amides is 1. The van der Waals surface area contributed by atoms with E-state index in [1.54, 1.807) is 4.52 Å². The van der Waals surface area contributed by atoms with Crippen molar-refractivity contribution in [2.75, 3.05) is 11.1 Å². The lowest BCUT2D eigenvalue weighted by Crippen LogP contribution is -2.14. The van der Waals surface area contributed by atoms with Crippen molar-refractivity contribution in [2.45, 2.75) is 25.9 Å². The molecule has 0 saturated heterocycles. The van der Waals surface area contributed by atoms with E-state index in [1.165, 1.54) is 30.0 Å². The van der Waals surface area contributed by atoms with Crippen LogP contribution in [0.1, 0.15) is 17.0 Å². The fraction of sp³-hybridized carbons (Fsp3) is 0.250. The number of carbonyl (C=O) groups excluding carboxylic acids is 1. The number of nitrogens with one attached hydrogen (secondary N) is 1. The molecule has 0 atom stereocenters. The second kappa shape index (κ2) is 6.97. The second-order valence-electron chi connectivity index (χ2n) is 5.48. The van der Waals surface area contributed by atoms with Crippen molar-refractivity contribution >= 4 is 40.7 Å². The average molecular weight is 380 g/mol. The molecule has 0 saturated carbocycles. The number of rotatable bonds is 4. The third kappa shape index (κ3) is 3.74. The Kier molecular flexibility index (Phi) is 4.91. The molecule has 9 heteroatoms. The van der Waals surface area contributed by atoms with Crippen molar-refractivity contribution in [3.05, 3.63) is 46.0 Å². The molecule has 6 nitrogen and oxygen atoms in total. The summed E-state index contributed by atoms with van der Waals surface area (Å²) in [6, 6.07) is 4.01. The number of hydrogen-bond acceptors (Lipinski definition) is 5. The van der Waals surface area contributed by atoms with Gasteiger partial charge in [0, 0.05) is 17.1 Å². The molecule has 0 unspecified atom stereocenters. The third-order valence-electron chi connectivity index (χ3n) is 3.78. The summed E-state index contributed by atoms with van der Waals surface area (Å²) in [5.74, 6) is -0.170. The van der Waals surface area contributed by atoms with Gasteiger partial charge in [0.05, 0.1) is 10.8 Å². The molecule has 3 aromatic rings. The molecule has 2 aromatic heterocycles. The Morgan fingerprint density at radius 2 is 2.08 bits per heavy atom. The van der Waals surface area contributed by atoms with Crippen LogP contribution in [0.15, 0.2) is 23.4 Å². The minimum absolute atomic E-state index is 0.0419. The SMILES string of the molecule is Cc1nc2nc(SCC(=O)Nc3ccc(F)c(Cl)c3)nn2c(C)c1C. The first-order valence-corrected chi connectivity index (χ1v) is 8.80. The molecule has 1 N–H and O–H groups in total. The summed E-state index contributed by atoms with van der Waals surface area (Å²) in [7, 11) is 0. The minimum atomic E-state index is -0.531. The molecule has 0 fully saturated rings. The standard InChI is InChI=1S/C16H15ClFN5OS/c1-8-9(2)19-15-21-16(22-23(15)10(8)3)25-7-14(24)20-11-4-5-13(18)12(17)6-11/h4-6H,7H2,1-3H3,(H,20,24). The van der Waals surface area contributed by atoms with Gasteiger partial charge in [-0.1, -0.05) is 23.4 Å². The van der Waals surface area contributed by atoms with Gasteiger partial charge >= 0.3 is 0 Å². The Morgan fingerprint density at radius 3 is 2.80 bits per heavy atom. The lowest BCUT2D eigenvalue weighted by molar-refractivity contribution is -0.113. The molecule has 2 heterocycles. The Bertz CT molecular complexity index is 975. The number of nitrogens with zero attached hydrogens (tertiary/aromatic N) is 4. The quantitative estimate of drug-likeness (QED) is 0.701. The van der Waals surface area contributed by atoms with Crippen molar-refractivity contribution in [1.29, 1.82) is 0 Å². The fourth-order valence-corrected chi connectivity index (χ4v) is 3.00. The normalized spacial score (nSPS) is 11.1. The number of benzene rings is 1. The van der Waals surface area contributed by atoms with E-state index in [2.05, 4.69) is 20.4 Å². The maximum Gasteiger partial charge on any atom is 0.253 e. The highest BCUT2D eigenvalue weighted by atomic mass is 35.5. The van der Waals surface area contributed by atoms with Crippen molar-refractivity contribution in [3.8, 4) is 0 Å². The molecular formula is C16H15ClFN5OS. The van der Waals surface area contributed by atoms with E-state index in [-0.39, 0.29) is 16.7 Å². The number of thioether (sulfide) groups is 1. The van der Waals surface area contributed by atoms with E-state index < -0.39 is 5.82 Å². The van der Waals surface area contributed by atoms with Crippen molar-refractivity contribution < 1.29 is 9.18 Å². The van der Waals surface area contributed by atoms with E-state index in [1.807, 2.05) is 20.8 Å². The van der Waals surface area contributed by atoms with Crippen molar-refractivity contribution in [2.24, 2.45) is 0 Å². The van der Waals surface area contributed by atoms with E-state index in [0.29, 0.717) is 16.6 Å². The Balaban J connectivity index is 1.68. The fourth-order valence-electron chi connectivity index (χ4n) is 2.20. The lowest BCUT2D eigenvalue weighted by atomic mass is 10.2. The van der Waals surface area contributed by atoms with Gasteiger partial charge in [-0.05, 0) is 44.5 Å². The van der Waals surface area contributed by atoms with Crippen LogP contribution < -0.4 is 5.32 Å². The zero-order valence-electron chi connectivity index (χ0n) is 13.8. The Labute approximate surface area is 152 Å². The number of hydrogen-bond donors (Lipinski definition) is 1. The largest absolute Gasteiger partial charge is 0.325 e. The van der Waals surface area contributed by atoms with Gasteiger partial charge in [0.25, 0.3) is 5.78 Å². The number of aromatic nitrogens is 4. The molecule has 0 spiro atoms. The van der Waals surface area contributed by atoms with Gasteiger partial charge in [0.15, 0.2) is 0 Å². The minimum Gasteiger partial charge on any atom is -0.325 e. The smallest absolute Gasteiger partial charge is 0.253 e. The molecular weight excluding hydrogens is 365 g/mol. The molecule has 0 aliphatic carbocycles. The summed E-state index contributed by atoms with van der Waals surface area (Å²) in [6.07, 6.45) is 0. The predicted molar refractivity (Wildman–Crippen MR) is 95.8 cm³/mol. The summed E-state index contributed by atoms with van der Waals surface area (Å²) >= 11 is 6.89. The van der Waals surface area contributed by atoms with Crippen LogP contribution in [-0.2, 0) is 4.79 Å². The van der Waals surface area contributed by atoms with E-state index >= 15 is 0 Å². The summed E-state index contributed by atoms with van der Waals surface area (Å²) in [5, 5.41) is 7.45. The van der Waals surface area contributed by atoms with Crippen LogP contribution in [-0.4, -0.2) is 31.2 Å². The lowest BCUT2D eigenvalue weighted by Gasteiger charge is -2.05. The third-order valence-corrected chi connectivity index (χ3v) is 4.90. The topological polar surface area (TPSA) is 72.2 Å². The molecule has 130 valence electrons. The average Bonchev–Trinajstić information content (AvgIpc) is 2.97. The van der Waals surface area contributed by atoms with Crippen LogP contribution in [0.3, 0.4) is 0 Å². The van der Waals surface area contributed by atoms with Gasteiger partial charge in [-0.15, -0.1) is 5.10 Å². The van der Waals surface area contributed by atoms with Crippen LogP contribution in [0.25, 0.3) is 5.78 Å². The molecule has 1 aromatic carbocycles.